The molecule has 0 spiro atoms. The lowest BCUT2D eigenvalue weighted by Crippen LogP contribution is -2.40. The van der Waals surface area contributed by atoms with Crippen molar-refractivity contribution in [2.24, 2.45) is 0 Å². The molecule has 0 aliphatic carbocycles. The smallest absolute Gasteiger partial charge is 0.0442 e. The average molecular weight is 342 g/mol. The number of nitrogens with zero attached hydrogens (tertiary/aromatic N) is 1. The first-order chi connectivity index (χ1) is 12.2. The van der Waals surface area contributed by atoms with Crippen LogP contribution in [0.15, 0.2) is 18.3 Å². The molecule has 0 amide bonds. The standard InChI is InChI=1S/C20H31N5/c1-21-12-17(13-22-2)16-10-15-6-9-25(3)14-19(15)20(11-16)24-18-4-7-23-8-5-18/h6,10-12,14,18,21-24H,4-5,7-9,13H2,1-3H3/b17-12+. The number of likely N-dealkylation sites (N-methyl/N-ethyl adjacent to an activating group) is 1. The Bertz CT molecular complexity index is 731. The number of rotatable bonds is 6. The molecule has 4 N–H and O–H groups in total. The van der Waals surface area contributed by atoms with E-state index in [-0.39, 0.29) is 0 Å². The van der Waals surface area contributed by atoms with Gasteiger partial charge in [0.1, 0.15) is 0 Å². The fraction of sp³-hybridized carbons (Fsp3) is 0.500. The Hall–Kier alpha value is -1.98. The summed E-state index contributed by atoms with van der Waals surface area (Å²) in [5.74, 6) is 0. The minimum atomic E-state index is 0.544. The van der Waals surface area contributed by atoms with Gasteiger partial charge in [-0.15, -0.1) is 0 Å². The first-order valence-corrected chi connectivity index (χ1v) is 9.26. The maximum absolute atomic E-state index is 3.82. The van der Waals surface area contributed by atoms with E-state index >= 15 is 0 Å². The fourth-order valence-corrected chi connectivity index (χ4v) is 3.60. The zero-order chi connectivity index (χ0) is 17.6. The van der Waals surface area contributed by atoms with E-state index in [2.05, 4.69) is 63.8 Å². The van der Waals surface area contributed by atoms with Crippen LogP contribution >= 0.6 is 0 Å². The summed E-state index contributed by atoms with van der Waals surface area (Å²) in [7, 11) is 6.08. The molecule has 25 heavy (non-hydrogen) atoms. The first-order valence-electron chi connectivity index (χ1n) is 9.26. The SMILES string of the molecule is CN/C=C(\CNC)c1cc(NC2CCNCC2)c2c(c1)=CCN(C)C=2. The Kier molecular flexibility index (Phi) is 6.00. The predicted molar refractivity (Wildman–Crippen MR) is 108 cm³/mol. The molecule has 0 unspecified atom stereocenters. The van der Waals surface area contributed by atoms with Gasteiger partial charge in [0.25, 0.3) is 0 Å². The molecule has 1 fully saturated rings. The highest BCUT2D eigenvalue weighted by atomic mass is 15.1. The van der Waals surface area contributed by atoms with Crippen LogP contribution in [0.2, 0.25) is 0 Å². The van der Waals surface area contributed by atoms with E-state index in [9.17, 15) is 0 Å². The fourth-order valence-electron chi connectivity index (χ4n) is 3.60. The molecule has 1 aromatic rings. The third kappa shape index (κ3) is 4.35. The number of benzene rings is 1. The maximum atomic E-state index is 3.82. The number of hydrogen-bond acceptors (Lipinski definition) is 5. The van der Waals surface area contributed by atoms with Gasteiger partial charge in [-0.2, -0.15) is 0 Å². The molecule has 1 saturated heterocycles. The van der Waals surface area contributed by atoms with E-state index in [1.165, 1.54) is 40.1 Å². The Morgan fingerprint density at radius 1 is 1.28 bits per heavy atom. The van der Waals surface area contributed by atoms with Gasteiger partial charge in [0.15, 0.2) is 0 Å². The van der Waals surface area contributed by atoms with Crippen LogP contribution in [0, 0.1) is 0 Å². The summed E-state index contributed by atoms with van der Waals surface area (Å²) in [6.45, 7) is 4.00. The summed E-state index contributed by atoms with van der Waals surface area (Å²) >= 11 is 0. The molecule has 2 heterocycles. The second-order valence-corrected chi connectivity index (χ2v) is 6.96. The summed E-state index contributed by atoms with van der Waals surface area (Å²) in [4.78, 5) is 2.24. The molecular formula is C20H31N5. The predicted octanol–water partition coefficient (Wildman–Crippen LogP) is 0.0941. The lowest BCUT2D eigenvalue weighted by molar-refractivity contribution is 0.479. The summed E-state index contributed by atoms with van der Waals surface area (Å²) < 4.78 is 0. The molecule has 0 saturated carbocycles. The Morgan fingerprint density at radius 3 is 2.80 bits per heavy atom. The van der Waals surface area contributed by atoms with Crippen LogP contribution in [0.4, 0.5) is 5.69 Å². The molecule has 3 rings (SSSR count). The van der Waals surface area contributed by atoms with Gasteiger partial charge in [-0.1, -0.05) is 6.08 Å². The second kappa shape index (κ2) is 8.41. The third-order valence-corrected chi connectivity index (χ3v) is 4.92. The Morgan fingerprint density at radius 2 is 2.08 bits per heavy atom. The zero-order valence-electron chi connectivity index (χ0n) is 15.7. The van der Waals surface area contributed by atoms with Crippen molar-refractivity contribution in [3.63, 3.8) is 0 Å². The van der Waals surface area contributed by atoms with Gasteiger partial charge in [-0.25, -0.2) is 0 Å². The van der Waals surface area contributed by atoms with Gasteiger partial charge in [-0.3, -0.25) is 0 Å². The first kappa shape index (κ1) is 17.8. The normalized spacial score (nSPS) is 18.2. The van der Waals surface area contributed by atoms with E-state index < -0.39 is 0 Å². The molecule has 0 bridgehead atoms. The molecule has 2 aliphatic heterocycles. The summed E-state index contributed by atoms with van der Waals surface area (Å²) in [5.41, 5.74) is 3.79. The van der Waals surface area contributed by atoms with Crippen LogP contribution in [-0.4, -0.2) is 58.3 Å². The largest absolute Gasteiger partial charge is 0.394 e. The van der Waals surface area contributed by atoms with E-state index in [0.717, 1.165) is 26.2 Å². The van der Waals surface area contributed by atoms with Crippen LogP contribution in [0.3, 0.4) is 0 Å². The average Bonchev–Trinajstić information content (AvgIpc) is 2.62. The quantitative estimate of drug-likeness (QED) is 0.591. The van der Waals surface area contributed by atoms with Crippen molar-refractivity contribution < 1.29 is 0 Å². The van der Waals surface area contributed by atoms with E-state index in [1.54, 1.807) is 0 Å². The highest BCUT2D eigenvalue weighted by molar-refractivity contribution is 5.71. The minimum absolute atomic E-state index is 0.544. The van der Waals surface area contributed by atoms with Crippen molar-refractivity contribution in [2.75, 3.05) is 52.6 Å². The van der Waals surface area contributed by atoms with Crippen molar-refractivity contribution >= 4 is 23.5 Å². The van der Waals surface area contributed by atoms with Crippen LogP contribution in [0.25, 0.3) is 17.8 Å². The van der Waals surface area contributed by atoms with Gasteiger partial charge < -0.3 is 26.2 Å². The lowest BCUT2D eigenvalue weighted by atomic mass is 10.00. The van der Waals surface area contributed by atoms with Crippen LogP contribution in [0.1, 0.15) is 18.4 Å². The van der Waals surface area contributed by atoms with E-state index in [0.29, 0.717) is 6.04 Å². The maximum Gasteiger partial charge on any atom is 0.0442 e. The lowest BCUT2D eigenvalue weighted by Gasteiger charge is -2.26. The zero-order valence-corrected chi connectivity index (χ0v) is 15.7. The van der Waals surface area contributed by atoms with Crippen molar-refractivity contribution in [2.45, 2.75) is 18.9 Å². The summed E-state index contributed by atoms with van der Waals surface area (Å²) in [6.07, 6.45) is 9.03. The molecule has 1 aromatic carbocycles. The topological polar surface area (TPSA) is 51.4 Å². The minimum Gasteiger partial charge on any atom is -0.394 e. The Balaban J connectivity index is 2.03. The molecule has 2 aliphatic rings. The summed E-state index contributed by atoms with van der Waals surface area (Å²) in [5, 5.41) is 16.4. The van der Waals surface area contributed by atoms with Crippen LogP contribution in [0.5, 0.6) is 0 Å². The van der Waals surface area contributed by atoms with Crippen LogP contribution in [-0.2, 0) is 0 Å². The van der Waals surface area contributed by atoms with Crippen molar-refractivity contribution in [3.05, 3.63) is 34.3 Å². The number of piperidine rings is 1. The summed E-state index contributed by atoms with van der Waals surface area (Å²) in [6, 6.07) is 5.17. The molecular weight excluding hydrogens is 310 g/mol. The molecule has 0 atom stereocenters. The van der Waals surface area contributed by atoms with Gasteiger partial charge in [0.2, 0.25) is 0 Å². The Labute approximate surface area is 150 Å². The monoisotopic (exact) mass is 341 g/mol. The molecule has 5 nitrogen and oxygen atoms in total. The third-order valence-electron chi connectivity index (χ3n) is 4.92. The molecule has 5 heteroatoms. The molecule has 0 aromatic heterocycles. The van der Waals surface area contributed by atoms with Gasteiger partial charge in [-0.05, 0) is 61.5 Å². The van der Waals surface area contributed by atoms with Crippen molar-refractivity contribution in [1.29, 1.82) is 0 Å². The van der Waals surface area contributed by atoms with Crippen LogP contribution < -0.4 is 31.7 Å². The molecule has 136 valence electrons. The number of fused-ring (bicyclic) bond motifs is 1. The molecule has 0 radical (unpaired) electrons. The van der Waals surface area contributed by atoms with E-state index in [1.807, 2.05) is 14.1 Å². The van der Waals surface area contributed by atoms with E-state index in [4.69, 9.17) is 0 Å². The van der Waals surface area contributed by atoms with Crippen molar-refractivity contribution in [1.82, 2.24) is 20.9 Å². The number of anilines is 1. The van der Waals surface area contributed by atoms with Crippen molar-refractivity contribution in [3.8, 4) is 0 Å². The number of nitrogens with one attached hydrogen (secondary N) is 4. The van der Waals surface area contributed by atoms with Gasteiger partial charge in [0, 0.05) is 56.5 Å². The highest BCUT2D eigenvalue weighted by Gasteiger charge is 2.15. The van der Waals surface area contributed by atoms with Gasteiger partial charge >= 0.3 is 0 Å². The van der Waals surface area contributed by atoms with Gasteiger partial charge in [0.05, 0.1) is 0 Å². The second-order valence-electron chi connectivity index (χ2n) is 6.96. The number of hydrogen-bond donors (Lipinski definition) is 4. The highest BCUT2D eigenvalue weighted by Crippen LogP contribution is 2.17.